The van der Waals surface area contributed by atoms with Gasteiger partial charge in [-0.2, -0.15) is 4.67 Å². The van der Waals surface area contributed by atoms with Crippen molar-refractivity contribution in [2.45, 2.75) is 6.16 Å². The fourth-order valence-corrected chi connectivity index (χ4v) is 4.82. The van der Waals surface area contributed by atoms with Crippen LogP contribution in [-0.4, -0.2) is 25.4 Å². The van der Waals surface area contributed by atoms with E-state index in [0.717, 1.165) is 6.16 Å². The van der Waals surface area contributed by atoms with E-state index in [9.17, 15) is 0 Å². The van der Waals surface area contributed by atoms with Crippen LogP contribution in [0.5, 0.6) is 0 Å². The number of hydrogen-bond donors (Lipinski definition) is 0. The van der Waals surface area contributed by atoms with Crippen molar-refractivity contribution in [3.63, 3.8) is 0 Å². The Morgan fingerprint density at radius 2 is 1.32 bits per heavy atom. The van der Waals surface area contributed by atoms with Crippen molar-refractivity contribution in [1.29, 1.82) is 0 Å². The van der Waals surface area contributed by atoms with E-state index in [1.165, 1.54) is 10.9 Å². The number of hydrogen-bond acceptors (Lipinski definition) is 1. The van der Waals surface area contributed by atoms with Crippen molar-refractivity contribution in [1.82, 2.24) is 4.67 Å². The van der Waals surface area contributed by atoms with Gasteiger partial charge in [0.2, 0.25) is 0 Å². The SMILES string of the molecule is CN(C)[P+](C)(Cc1ccccc1)c1ccccc1.[Cl-]. The molecule has 1 nitrogen and oxygen atoms in total. The Morgan fingerprint density at radius 1 is 0.842 bits per heavy atom. The van der Waals surface area contributed by atoms with Gasteiger partial charge in [-0.05, 0) is 17.7 Å². The molecule has 19 heavy (non-hydrogen) atoms. The van der Waals surface area contributed by atoms with E-state index in [2.05, 4.69) is 86.1 Å². The first-order chi connectivity index (χ1) is 8.63. The molecule has 3 heteroatoms. The summed E-state index contributed by atoms with van der Waals surface area (Å²) < 4.78 is 2.41. The van der Waals surface area contributed by atoms with Gasteiger partial charge in [0.25, 0.3) is 0 Å². The Bertz CT molecular complexity index is 487. The first kappa shape index (κ1) is 16.2. The Hall–Kier alpha value is -0.880. The molecule has 2 aromatic rings. The molecule has 1 atom stereocenters. The molecule has 2 aromatic carbocycles. The average molecular weight is 294 g/mol. The highest BCUT2D eigenvalue weighted by atomic mass is 35.5. The number of benzene rings is 2. The molecule has 0 saturated carbocycles. The minimum absolute atomic E-state index is 0. The topological polar surface area (TPSA) is 3.24 Å². The fourth-order valence-electron chi connectivity index (χ4n) is 2.15. The van der Waals surface area contributed by atoms with Gasteiger partial charge in [0, 0.05) is 14.1 Å². The van der Waals surface area contributed by atoms with Gasteiger partial charge in [0.1, 0.15) is 18.9 Å². The van der Waals surface area contributed by atoms with Crippen molar-refractivity contribution in [3.05, 3.63) is 66.2 Å². The van der Waals surface area contributed by atoms with Crippen LogP contribution in [0, 0.1) is 0 Å². The van der Waals surface area contributed by atoms with Gasteiger partial charge >= 0.3 is 0 Å². The minimum Gasteiger partial charge on any atom is -1.00 e. The highest BCUT2D eigenvalue weighted by Crippen LogP contribution is 2.58. The standard InChI is InChI=1S/C16H21NP.ClH/c1-17(2)18(3,16-12-8-5-9-13-16)14-15-10-6-4-7-11-15;/h4-13H,14H2,1-3H3;1H/q+1;/p-1. The zero-order valence-electron chi connectivity index (χ0n) is 11.8. The Labute approximate surface area is 123 Å². The maximum absolute atomic E-state index is 2.41. The summed E-state index contributed by atoms with van der Waals surface area (Å²) in [5, 5.41) is 1.47. The van der Waals surface area contributed by atoms with Crippen LogP contribution in [0.2, 0.25) is 0 Å². The predicted molar refractivity (Wildman–Crippen MR) is 82.8 cm³/mol. The van der Waals surface area contributed by atoms with Gasteiger partial charge in [-0.1, -0.05) is 48.5 Å². The summed E-state index contributed by atoms with van der Waals surface area (Å²) >= 11 is 0. The van der Waals surface area contributed by atoms with Crippen LogP contribution < -0.4 is 17.7 Å². The molecule has 0 bridgehead atoms. The maximum atomic E-state index is 2.41. The Balaban J connectivity index is 0.00000180. The van der Waals surface area contributed by atoms with Crippen LogP contribution in [0.25, 0.3) is 0 Å². The van der Waals surface area contributed by atoms with Gasteiger partial charge in [-0.3, -0.25) is 0 Å². The molecule has 1 unspecified atom stereocenters. The molecule has 2 rings (SSSR count). The number of halogens is 1. The maximum Gasteiger partial charge on any atom is 0.116 e. The second kappa shape index (κ2) is 7.05. The summed E-state index contributed by atoms with van der Waals surface area (Å²) in [4.78, 5) is 0. The smallest absolute Gasteiger partial charge is 0.116 e. The largest absolute Gasteiger partial charge is 1.00 e. The lowest BCUT2D eigenvalue weighted by molar-refractivity contribution is -0.00000383. The van der Waals surface area contributed by atoms with Crippen LogP contribution in [0.15, 0.2) is 60.7 Å². The van der Waals surface area contributed by atoms with Crippen LogP contribution in [0.3, 0.4) is 0 Å². The molecule has 0 heterocycles. The van der Waals surface area contributed by atoms with E-state index < -0.39 is 7.41 Å². The quantitative estimate of drug-likeness (QED) is 0.748. The molecule has 0 amide bonds. The van der Waals surface area contributed by atoms with Crippen LogP contribution >= 0.6 is 7.41 Å². The predicted octanol–water partition coefficient (Wildman–Crippen LogP) is 0.640. The lowest BCUT2D eigenvalue weighted by Crippen LogP contribution is -3.00. The Kier molecular flexibility index (Phi) is 6.00. The average Bonchev–Trinajstić information content (AvgIpc) is 2.40. The minimum atomic E-state index is -1.28. The highest BCUT2D eigenvalue weighted by Gasteiger charge is 2.37. The van der Waals surface area contributed by atoms with Gasteiger partial charge in [-0.25, -0.2) is 0 Å². The number of nitrogens with zero attached hydrogens (tertiary/aromatic N) is 1. The van der Waals surface area contributed by atoms with Crippen molar-refractivity contribution < 1.29 is 12.4 Å². The zero-order chi connectivity index (χ0) is 13.0. The van der Waals surface area contributed by atoms with E-state index >= 15 is 0 Å². The molecule has 102 valence electrons. The van der Waals surface area contributed by atoms with E-state index in [0.29, 0.717) is 0 Å². The fraction of sp³-hybridized carbons (Fsp3) is 0.250. The van der Waals surface area contributed by atoms with E-state index in [4.69, 9.17) is 0 Å². The van der Waals surface area contributed by atoms with Gasteiger partial charge in [0.05, 0.1) is 6.66 Å². The lowest BCUT2D eigenvalue weighted by atomic mass is 10.2. The van der Waals surface area contributed by atoms with Crippen molar-refractivity contribution in [2.75, 3.05) is 20.8 Å². The normalized spacial score (nSPS) is 13.7. The second-order valence-electron chi connectivity index (χ2n) is 4.97. The van der Waals surface area contributed by atoms with E-state index in [1.807, 2.05) is 0 Å². The number of rotatable bonds is 4. The molecule has 0 aliphatic carbocycles. The van der Waals surface area contributed by atoms with Gasteiger partial charge < -0.3 is 12.4 Å². The summed E-state index contributed by atoms with van der Waals surface area (Å²) in [7, 11) is 3.11. The van der Waals surface area contributed by atoms with Crippen LogP contribution in [0.1, 0.15) is 5.56 Å². The summed E-state index contributed by atoms with van der Waals surface area (Å²) in [5.74, 6) is 0. The second-order valence-corrected chi connectivity index (χ2v) is 8.88. The molecule has 0 saturated heterocycles. The van der Waals surface area contributed by atoms with Gasteiger partial charge in [0.15, 0.2) is 0 Å². The molecular formula is C16H21ClNP. The highest BCUT2D eigenvalue weighted by molar-refractivity contribution is 7.79. The molecule has 0 spiro atoms. The van der Waals surface area contributed by atoms with Crippen LogP contribution in [-0.2, 0) is 6.16 Å². The van der Waals surface area contributed by atoms with Gasteiger partial charge in [-0.15, -0.1) is 0 Å². The summed E-state index contributed by atoms with van der Waals surface area (Å²) in [6.45, 7) is 2.41. The van der Waals surface area contributed by atoms with Crippen molar-refractivity contribution in [2.24, 2.45) is 0 Å². The first-order valence-electron chi connectivity index (χ1n) is 6.26. The monoisotopic (exact) mass is 293 g/mol. The third kappa shape index (κ3) is 3.79. The lowest BCUT2D eigenvalue weighted by Gasteiger charge is -2.28. The third-order valence-electron chi connectivity index (χ3n) is 3.53. The first-order valence-corrected chi connectivity index (χ1v) is 8.63. The molecule has 0 fully saturated rings. The van der Waals surface area contributed by atoms with Crippen LogP contribution in [0.4, 0.5) is 0 Å². The molecular weight excluding hydrogens is 273 g/mol. The molecule has 0 aliphatic heterocycles. The zero-order valence-corrected chi connectivity index (χ0v) is 13.4. The summed E-state index contributed by atoms with van der Waals surface area (Å²) in [5.41, 5.74) is 1.42. The van der Waals surface area contributed by atoms with E-state index in [-0.39, 0.29) is 12.4 Å². The third-order valence-corrected chi connectivity index (χ3v) is 7.69. The molecule has 0 aliphatic rings. The molecule has 0 aromatic heterocycles. The van der Waals surface area contributed by atoms with E-state index in [1.54, 1.807) is 0 Å². The summed E-state index contributed by atoms with van der Waals surface area (Å²) in [6.07, 6.45) is 1.13. The van der Waals surface area contributed by atoms with Crippen molar-refractivity contribution >= 4 is 12.7 Å². The van der Waals surface area contributed by atoms with Crippen molar-refractivity contribution in [3.8, 4) is 0 Å². The Morgan fingerprint density at radius 3 is 1.79 bits per heavy atom. The summed E-state index contributed by atoms with van der Waals surface area (Å²) in [6, 6.07) is 21.7. The molecule has 0 N–H and O–H groups in total. The molecule has 0 radical (unpaired) electrons.